The van der Waals surface area contributed by atoms with Crippen molar-refractivity contribution in [3.8, 4) is 11.3 Å². The number of rotatable bonds is 9. The van der Waals surface area contributed by atoms with Gasteiger partial charge in [0.2, 0.25) is 16.0 Å². The number of anilines is 1. The van der Waals surface area contributed by atoms with Gasteiger partial charge in [-0.05, 0) is 64.8 Å². The van der Waals surface area contributed by atoms with E-state index in [1.165, 1.54) is 31.3 Å². The second kappa shape index (κ2) is 14.5. The molecule has 238 valence electrons. The summed E-state index contributed by atoms with van der Waals surface area (Å²) in [5.74, 6) is -1.65. The third-order valence-electron chi connectivity index (χ3n) is 6.13. The predicted molar refractivity (Wildman–Crippen MR) is 160 cm³/mol. The molecule has 43 heavy (non-hydrogen) atoms. The molecule has 0 radical (unpaired) electrons. The van der Waals surface area contributed by atoms with Gasteiger partial charge in [-0.2, -0.15) is 0 Å². The van der Waals surface area contributed by atoms with Crippen molar-refractivity contribution in [3.05, 3.63) is 41.3 Å². The summed E-state index contributed by atoms with van der Waals surface area (Å²) in [7, 11) is -2.23. The van der Waals surface area contributed by atoms with Crippen LogP contribution in [0.1, 0.15) is 89.7 Å². The van der Waals surface area contributed by atoms with Gasteiger partial charge in [0.25, 0.3) is 0 Å². The van der Waals surface area contributed by atoms with Crippen molar-refractivity contribution in [2.24, 2.45) is 0 Å². The zero-order valence-electron chi connectivity index (χ0n) is 26.2. The first-order valence-corrected chi connectivity index (χ1v) is 15.7. The first-order valence-electron chi connectivity index (χ1n) is 13.8. The van der Waals surface area contributed by atoms with Crippen LogP contribution in [-0.4, -0.2) is 73.8 Å². The third kappa shape index (κ3) is 11.0. The van der Waals surface area contributed by atoms with Gasteiger partial charge < -0.3 is 19.0 Å². The number of ether oxygens (including phenoxy) is 3. The van der Waals surface area contributed by atoms with Crippen molar-refractivity contribution in [1.82, 2.24) is 9.97 Å². The highest BCUT2D eigenvalue weighted by Gasteiger charge is 2.37. The molecule has 2 atom stereocenters. The second-order valence-electron chi connectivity index (χ2n) is 12.0. The Bertz CT molecular complexity index is 1390. The topological polar surface area (TPSA) is 142 Å². The third-order valence-corrected chi connectivity index (χ3v) is 7.28. The number of aldehydes is 2. The van der Waals surface area contributed by atoms with Gasteiger partial charge in [0.05, 0.1) is 41.8 Å². The minimum absolute atomic E-state index is 0.0360. The number of hydrogen-bond donors (Lipinski definition) is 0. The molecule has 0 aliphatic carbocycles. The lowest BCUT2D eigenvalue weighted by Crippen LogP contribution is -2.45. The van der Waals surface area contributed by atoms with Gasteiger partial charge in [0.15, 0.2) is 12.1 Å². The van der Waals surface area contributed by atoms with Gasteiger partial charge >= 0.3 is 5.97 Å². The lowest BCUT2D eigenvalue weighted by atomic mass is 9.99. The van der Waals surface area contributed by atoms with Crippen molar-refractivity contribution >= 4 is 34.5 Å². The Morgan fingerprint density at radius 2 is 1.72 bits per heavy atom. The Labute approximate surface area is 253 Å². The number of carbonyl (C=O) groups excluding carboxylic acids is 3. The van der Waals surface area contributed by atoms with Gasteiger partial charge in [-0.1, -0.05) is 13.8 Å². The molecule has 0 unspecified atom stereocenters. The average Bonchev–Trinajstić information content (AvgIpc) is 2.85. The second-order valence-corrected chi connectivity index (χ2v) is 14.0. The molecule has 2 aromatic rings. The molecule has 1 aromatic carbocycles. The van der Waals surface area contributed by atoms with Crippen molar-refractivity contribution in [1.29, 1.82) is 0 Å². The van der Waals surface area contributed by atoms with E-state index in [4.69, 9.17) is 14.2 Å². The van der Waals surface area contributed by atoms with Crippen LogP contribution in [0.4, 0.5) is 10.3 Å². The Hall–Kier alpha value is -3.29. The van der Waals surface area contributed by atoms with Gasteiger partial charge in [-0.3, -0.25) is 9.59 Å². The lowest BCUT2D eigenvalue weighted by Gasteiger charge is -2.40. The molecule has 3 rings (SSSR count). The maximum atomic E-state index is 13.2. The van der Waals surface area contributed by atoms with E-state index in [9.17, 15) is 27.2 Å². The number of hydrogen-bond acceptors (Lipinski definition) is 10. The summed E-state index contributed by atoms with van der Waals surface area (Å²) < 4.78 is 54.3. The highest BCUT2D eigenvalue weighted by Crippen LogP contribution is 2.31. The van der Waals surface area contributed by atoms with Crippen LogP contribution < -0.4 is 4.31 Å². The summed E-state index contributed by atoms with van der Waals surface area (Å²) in [5, 5.41) is 0. The first kappa shape index (κ1) is 35.9. The average molecular weight is 624 g/mol. The quantitative estimate of drug-likeness (QED) is 0.282. The van der Waals surface area contributed by atoms with Crippen molar-refractivity contribution in [2.45, 2.75) is 97.2 Å². The van der Waals surface area contributed by atoms with Crippen LogP contribution in [0.25, 0.3) is 11.3 Å². The molecule has 11 nitrogen and oxygen atoms in total. The first-order chi connectivity index (χ1) is 19.8. The Kier molecular flexibility index (Phi) is 12.1. The van der Waals surface area contributed by atoms with E-state index in [1.807, 2.05) is 34.6 Å². The molecule has 1 aliphatic heterocycles. The standard InChI is InChI=1S/C16H18FN3O3S.C14H24O5/c1-10(2)14-13(9-21)15(11-5-7-12(17)8-6-11)19-16(18-14)20(3)24(4,22)23;1-13(2,3)19-12(16)9-11-8-10(6-7-15)17-14(4,5)18-11/h5-10H,1-4H3;7,10-11H,6,8-9H2,1-5H3/t;10-,11-/m.1/s1. The van der Waals surface area contributed by atoms with E-state index in [0.717, 1.165) is 16.8 Å². The summed E-state index contributed by atoms with van der Waals surface area (Å²) >= 11 is 0. The molecule has 1 aromatic heterocycles. The predicted octanol–water partition coefficient (Wildman–Crippen LogP) is 4.83. The molecular formula is C30H42FN3O8S. The van der Waals surface area contributed by atoms with E-state index < -0.39 is 27.2 Å². The Morgan fingerprint density at radius 3 is 2.21 bits per heavy atom. The number of benzene rings is 1. The summed E-state index contributed by atoms with van der Waals surface area (Å²) in [6.07, 6.45) is 3.06. The normalized spacial score (nSPS) is 18.3. The van der Waals surface area contributed by atoms with E-state index >= 15 is 0 Å². The Morgan fingerprint density at radius 1 is 1.14 bits per heavy atom. The van der Waals surface area contributed by atoms with Gasteiger partial charge in [0, 0.05) is 25.5 Å². The van der Waals surface area contributed by atoms with Crippen LogP contribution in [-0.2, 0) is 33.8 Å². The van der Waals surface area contributed by atoms with E-state index in [-0.39, 0.29) is 47.7 Å². The fourth-order valence-corrected chi connectivity index (χ4v) is 4.69. The van der Waals surface area contributed by atoms with E-state index in [2.05, 4.69) is 9.97 Å². The van der Waals surface area contributed by atoms with Gasteiger partial charge in [-0.15, -0.1) is 0 Å². The van der Waals surface area contributed by atoms with Crippen molar-refractivity contribution in [2.75, 3.05) is 17.6 Å². The fourth-order valence-electron chi connectivity index (χ4n) is 4.31. The smallest absolute Gasteiger partial charge is 0.308 e. The van der Waals surface area contributed by atoms with Crippen LogP contribution in [0.3, 0.4) is 0 Å². The molecule has 1 fully saturated rings. The van der Waals surface area contributed by atoms with Crippen LogP contribution >= 0.6 is 0 Å². The number of esters is 1. The van der Waals surface area contributed by atoms with E-state index in [0.29, 0.717) is 30.4 Å². The highest BCUT2D eigenvalue weighted by atomic mass is 32.2. The molecule has 0 spiro atoms. The number of sulfonamides is 1. The number of nitrogens with zero attached hydrogens (tertiary/aromatic N) is 3. The zero-order chi connectivity index (χ0) is 32.8. The number of halogens is 1. The number of aromatic nitrogens is 2. The lowest BCUT2D eigenvalue weighted by molar-refractivity contribution is -0.299. The molecular weight excluding hydrogens is 581 g/mol. The SMILES string of the molecule is CC(C)(C)OC(=O)C[C@H]1C[C@@H](CC=O)OC(C)(C)O1.CC(C)c1nc(N(C)S(C)(=O)=O)nc(-c2ccc(F)cc2)c1C=O. The molecule has 1 saturated heterocycles. The Balaban J connectivity index is 0.000000309. The largest absolute Gasteiger partial charge is 0.460 e. The number of carbonyl (C=O) groups is 3. The maximum absolute atomic E-state index is 13.2. The van der Waals surface area contributed by atoms with Crippen molar-refractivity contribution in [3.63, 3.8) is 0 Å². The molecule has 13 heteroatoms. The molecule has 0 bridgehead atoms. The molecule has 0 amide bonds. The molecule has 1 aliphatic rings. The summed E-state index contributed by atoms with van der Waals surface area (Å²) in [4.78, 5) is 42.4. The maximum Gasteiger partial charge on any atom is 0.308 e. The van der Waals surface area contributed by atoms with Crippen molar-refractivity contribution < 1.29 is 41.4 Å². The zero-order valence-corrected chi connectivity index (χ0v) is 27.0. The fraction of sp³-hybridized carbons (Fsp3) is 0.567. The van der Waals surface area contributed by atoms with Crippen LogP contribution in [0, 0.1) is 5.82 Å². The molecule has 2 heterocycles. The van der Waals surface area contributed by atoms with Gasteiger partial charge in [0.1, 0.15) is 17.7 Å². The minimum Gasteiger partial charge on any atom is -0.460 e. The summed E-state index contributed by atoms with van der Waals surface area (Å²) in [6.45, 7) is 12.7. The van der Waals surface area contributed by atoms with Gasteiger partial charge in [-0.25, -0.2) is 27.1 Å². The minimum atomic E-state index is -3.56. The monoisotopic (exact) mass is 623 g/mol. The van der Waals surface area contributed by atoms with Crippen LogP contribution in [0.5, 0.6) is 0 Å². The van der Waals surface area contributed by atoms with Crippen LogP contribution in [0.15, 0.2) is 24.3 Å². The molecule has 0 saturated carbocycles. The van der Waals surface area contributed by atoms with E-state index in [1.54, 1.807) is 13.8 Å². The molecule has 0 N–H and O–H groups in total. The van der Waals surface area contributed by atoms with Crippen LogP contribution in [0.2, 0.25) is 0 Å². The summed E-state index contributed by atoms with van der Waals surface area (Å²) in [6, 6.07) is 5.47. The summed E-state index contributed by atoms with van der Waals surface area (Å²) in [5.41, 5.74) is 0.979. The highest BCUT2D eigenvalue weighted by molar-refractivity contribution is 7.92.